The number of hydrogen-bond donors (Lipinski definition) is 0. The molecule has 2 saturated heterocycles. The summed E-state index contributed by atoms with van der Waals surface area (Å²) in [5.74, 6) is -0.501. The molecule has 14 heavy (non-hydrogen) atoms. The van der Waals surface area contributed by atoms with E-state index in [9.17, 15) is 9.59 Å². The van der Waals surface area contributed by atoms with Crippen LogP contribution in [0.3, 0.4) is 0 Å². The van der Waals surface area contributed by atoms with E-state index in [-0.39, 0.29) is 17.7 Å². The van der Waals surface area contributed by atoms with Crippen LogP contribution in [0, 0.1) is 5.92 Å². The molecule has 0 spiro atoms. The van der Waals surface area contributed by atoms with Crippen molar-refractivity contribution in [2.24, 2.45) is 5.92 Å². The van der Waals surface area contributed by atoms with Crippen molar-refractivity contribution >= 4 is 11.7 Å². The molecule has 0 aromatic heterocycles. The van der Waals surface area contributed by atoms with Crippen molar-refractivity contribution in [1.29, 1.82) is 0 Å². The normalized spacial score (nSPS) is 34.8. The molecule has 78 valence electrons. The molecule has 0 N–H and O–H groups in total. The molecule has 2 aliphatic heterocycles. The van der Waals surface area contributed by atoms with Crippen molar-refractivity contribution in [2.75, 3.05) is 6.61 Å². The number of rotatable bonds is 1. The zero-order chi connectivity index (χ0) is 10.5. The van der Waals surface area contributed by atoms with Gasteiger partial charge in [-0.2, -0.15) is 0 Å². The number of carbonyl (C=O) groups excluding carboxylic acids is 2. The van der Waals surface area contributed by atoms with E-state index in [1.165, 1.54) is 6.92 Å². The highest BCUT2D eigenvalue weighted by atomic mass is 16.5. The zero-order valence-corrected chi connectivity index (χ0v) is 8.74. The second-order valence-electron chi connectivity index (χ2n) is 4.45. The lowest BCUT2D eigenvalue weighted by Gasteiger charge is -2.56. The first-order valence-corrected chi connectivity index (χ1v) is 4.93. The molecule has 4 heteroatoms. The molecule has 2 atom stereocenters. The standard InChI is InChI=1S/C10H15NO3/c1-6(12)8-7-4-5-14-10(2,3)11(7)9(8)13/h7-8H,4-5H2,1-3H3. The fraction of sp³-hybridized carbons (Fsp3) is 0.800. The lowest BCUT2D eigenvalue weighted by atomic mass is 9.79. The fourth-order valence-corrected chi connectivity index (χ4v) is 2.45. The third-order valence-corrected chi connectivity index (χ3v) is 3.11. The number of ketones is 1. The zero-order valence-electron chi connectivity index (χ0n) is 8.74. The predicted molar refractivity (Wildman–Crippen MR) is 49.5 cm³/mol. The minimum absolute atomic E-state index is 0.0195. The summed E-state index contributed by atoms with van der Waals surface area (Å²) in [6, 6.07) is 0.0729. The molecule has 2 aliphatic rings. The number of carbonyl (C=O) groups is 2. The van der Waals surface area contributed by atoms with Gasteiger partial charge in [0.2, 0.25) is 5.91 Å². The number of ether oxygens (including phenoxy) is 1. The molecule has 2 rings (SSSR count). The largest absolute Gasteiger partial charge is 0.356 e. The van der Waals surface area contributed by atoms with Gasteiger partial charge >= 0.3 is 0 Å². The maximum Gasteiger partial charge on any atom is 0.237 e. The fourth-order valence-electron chi connectivity index (χ4n) is 2.45. The quantitative estimate of drug-likeness (QED) is 0.456. The minimum Gasteiger partial charge on any atom is -0.356 e. The molecule has 1 amide bonds. The monoisotopic (exact) mass is 197 g/mol. The summed E-state index contributed by atoms with van der Waals surface area (Å²) in [6.45, 7) is 5.86. The van der Waals surface area contributed by atoms with Crippen molar-refractivity contribution < 1.29 is 14.3 Å². The Morgan fingerprint density at radius 3 is 2.79 bits per heavy atom. The highest BCUT2D eigenvalue weighted by Gasteiger charge is 2.57. The van der Waals surface area contributed by atoms with Crippen LogP contribution in [0.2, 0.25) is 0 Å². The molecule has 0 bridgehead atoms. The third kappa shape index (κ3) is 1.10. The lowest BCUT2D eigenvalue weighted by molar-refractivity contribution is -0.230. The Labute approximate surface area is 83.2 Å². The van der Waals surface area contributed by atoms with E-state index < -0.39 is 11.6 Å². The molecule has 2 unspecified atom stereocenters. The first kappa shape index (κ1) is 9.65. The predicted octanol–water partition coefficient (Wildman–Crippen LogP) is 0.559. The summed E-state index contributed by atoms with van der Waals surface area (Å²) in [5, 5.41) is 0. The van der Waals surface area contributed by atoms with Crippen LogP contribution < -0.4 is 0 Å². The van der Waals surface area contributed by atoms with Crippen LogP contribution in [-0.4, -0.2) is 35.0 Å². The van der Waals surface area contributed by atoms with E-state index in [2.05, 4.69) is 0 Å². The number of fused-ring (bicyclic) bond motifs is 1. The molecular formula is C10H15NO3. The van der Waals surface area contributed by atoms with Crippen LogP contribution in [0.25, 0.3) is 0 Å². The van der Waals surface area contributed by atoms with Crippen LogP contribution in [0.1, 0.15) is 27.2 Å². The molecule has 0 saturated carbocycles. The Hall–Kier alpha value is -0.900. The Morgan fingerprint density at radius 2 is 2.21 bits per heavy atom. The second kappa shape index (κ2) is 2.79. The van der Waals surface area contributed by atoms with Crippen molar-refractivity contribution in [3.8, 4) is 0 Å². The summed E-state index contributed by atoms with van der Waals surface area (Å²) in [5.41, 5.74) is -0.536. The van der Waals surface area contributed by atoms with E-state index in [1.54, 1.807) is 4.90 Å². The molecule has 0 aliphatic carbocycles. The number of hydrogen-bond acceptors (Lipinski definition) is 3. The van der Waals surface area contributed by atoms with Gasteiger partial charge in [0.05, 0.1) is 12.6 Å². The highest BCUT2D eigenvalue weighted by molar-refractivity contribution is 6.05. The maximum atomic E-state index is 11.7. The second-order valence-corrected chi connectivity index (χ2v) is 4.45. The number of nitrogens with zero attached hydrogens (tertiary/aromatic N) is 1. The van der Waals surface area contributed by atoms with Gasteiger partial charge in [0.1, 0.15) is 17.4 Å². The Kier molecular flexibility index (Phi) is 1.93. The highest BCUT2D eigenvalue weighted by Crippen LogP contribution is 2.40. The SMILES string of the molecule is CC(=O)C1C(=O)N2C1CCOC2(C)C. The molecule has 2 fully saturated rings. The van der Waals surface area contributed by atoms with Gasteiger partial charge in [0.25, 0.3) is 0 Å². The van der Waals surface area contributed by atoms with Crippen LogP contribution in [0.4, 0.5) is 0 Å². The van der Waals surface area contributed by atoms with Crippen molar-refractivity contribution in [3.05, 3.63) is 0 Å². The summed E-state index contributed by atoms with van der Waals surface area (Å²) >= 11 is 0. The molecule has 0 aromatic carbocycles. The average molecular weight is 197 g/mol. The van der Waals surface area contributed by atoms with Crippen LogP contribution >= 0.6 is 0 Å². The number of amides is 1. The van der Waals surface area contributed by atoms with Crippen molar-refractivity contribution in [2.45, 2.75) is 39.0 Å². The summed E-state index contributed by atoms with van der Waals surface area (Å²) < 4.78 is 5.49. The van der Waals surface area contributed by atoms with Gasteiger partial charge in [-0.1, -0.05) is 0 Å². The van der Waals surface area contributed by atoms with Gasteiger partial charge in [0.15, 0.2) is 0 Å². The smallest absolute Gasteiger partial charge is 0.237 e. The van der Waals surface area contributed by atoms with E-state index >= 15 is 0 Å². The Bertz CT molecular complexity index is 298. The molecule has 2 heterocycles. The van der Waals surface area contributed by atoms with Gasteiger partial charge < -0.3 is 9.64 Å². The first-order valence-electron chi connectivity index (χ1n) is 4.93. The first-order chi connectivity index (χ1) is 6.45. The molecule has 0 radical (unpaired) electrons. The van der Waals surface area contributed by atoms with Gasteiger partial charge in [-0.15, -0.1) is 0 Å². The van der Waals surface area contributed by atoms with E-state index in [0.717, 1.165) is 6.42 Å². The van der Waals surface area contributed by atoms with Gasteiger partial charge in [-0.05, 0) is 27.2 Å². The molecular weight excluding hydrogens is 182 g/mol. The van der Waals surface area contributed by atoms with Crippen LogP contribution in [-0.2, 0) is 14.3 Å². The van der Waals surface area contributed by atoms with Gasteiger partial charge in [-0.3, -0.25) is 9.59 Å². The topological polar surface area (TPSA) is 46.6 Å². The van der Waals surface area contributed by atoms with E-state index in [4.69, 9.17) is 4.74 Å². The molecule has 0 aromatic rings. The van der Waals surface area contributed by atoms with Crippen molar-refractivity contribution in [1.82, 2.24) is 4.90 Å². The Morgan fingerprint density at radius 1 is 1.57 bits per heavy atom. The summed E-state index contributed by atoms with van der Waals surface area (Å²) in [6.07, 6.45) is 0.777. The average Bonchev–Trinajstić information content (AvgIpc) is 1.99. The van der Waals surface area contributed by atoms with Gasteiger partial charge in [0, 0.05) is 0 Å². The summed E-state index contributed by atoms with van der Waals surface area (Å²) in [7, 11) is 0. The van der Waals surface area contributed by atoms with Crippen LogP contribution in [0.15, 0.2) is 0 Å². The third-order valence-electron chi connectivity index (χ3n) is 3.11. The maximum absolute atomic E-state index is 11.7. The van der Waals surface area contributed by atoms with Gasteiger partial charge in [-0.25, -0.2) is 0 Å². The van der Waals surface area contributed by atoms with E-state index in [0.29, 0.717) is 6.61 Å². The minimum atomic E-state index is -0.536. The number of β-lactam (4-membered cyclic amide) rings is 1. The van der Waals surface area contributed by atoms with E-state index in [1.807, 2.05) is 13.8 Å². The Balaban J connectivity index is 2.22. The summed E-state index contributed by atoms with van der Waals surface area (Å²) in [4.78, 5) is 24.6. The number of Topliss-reactive ketones (excluding diaryl/α,β-unsaturated/α-hetero) is 1. The molecule has 4 nitrogen and oxygen atoms in total. The van der Waals surface area contributed by atoms with Crippen molar-refractivity contribution in [3.63, 3.8) is 0 Å². The lowest BCUT2D eigenvalue weighted by Crippen LogP contribution is -2.72. The van der Waals surface area contributed by atoms with Crippen LogP contribution in [0.5, 0.6) is 0 Å².